The second kappa shape index (κ2) is 8.54. The third-order valence-corrected chi connectivity index (χ3v) is 7.36. The van der Waals surface area contributed by atoms with Crippen LogP contribution in [-0.4, -0.2) is 49.5 Å². The third-order valence-electron chi connectivity index (χ3n) is 7.36. The van der Waals surface area contributed by atoms with Gasteiger partial charge in [0.2, 0.25) is 0 Å². The Labute approximate surface area is 170 Å². The Morgan fingerprint density at radius 1 is 1.21 bits per heavy atom. The average molecular weight is 385 g/mol. The number of piperidine rings is 2. The van der Waals surface area contributed by atoms with Crippen molar-refractivity contribution in [2.75, 3.05) is 32.7 Å². The molecule has 2 heterocycles. The maximum atomic E-state index is 11.9. The molecule has 1 aromatic carbocycles. The fourth-order valence-corrected chi connectivity index (χ4v) is 5.49. The van der Waals surface area contributed by atoms with Crippen molar-refractivity contribution in [2.45, 2.75) is 64.9 Å². The number of rotatable bonds is 6. The van der Waals surface area contributed by atoms with Gasteiger partial charge in [-0.25, -0.2) is 0 Å². The first-order valence-corrected chi connectivity index (χ1v) is 11.3. The quantitative estimate of drug-likeness (QED) is 0.751. The number of nitrogens with zero attached hydrogens (tertiary/aromatic N) is 1. The van der Waals surface area contributed by atoms with Gasteiger partial charge in [0.05, 0.1) is 6.10 Å². The normalized spacial score (nSPS) is 23.5. The third kappa shape index (κ3) is 4.44. The van der Waals surface area contributed by atoms with Crippen molar-refractivity contribution in [3.8, 4) is 5.75 Å². The van der Waals surface area contributed by atoms with E-state index in [0.29, 0.717) is 11.5 Å². The number of Topliss-reactive ketones (excluding diaryl/α,β-unsaturated/α-hetero) is 1. The Bertz CT molecular complexity index is 680. The second-order valence-corrected chi connectivity index (χ2v) is 9.37. The number of likely N-dealkylation sites (tertiary alicyclic amines) is 1. The average Bonchev–Trinajstić information content (AvgIpc) is 2.69. The van der Waals surface area contributed by atoms with Crippen LogP contribution < -0.4 is 10.1 Å². The standard InChI is InChI=1S/C24H36N2O2/c1-3-20-4-5-21(14-23(20)18(2)27)28-22-15-24(16-22)8-12-26(13-9-24)17-19-6-10-25-11-7-19/h4-5,14,19,22,25H,3,6-13,15-17H2,1-2H3. The first kappa shape index (κ1) is 19.9. The van der Waals surface area contributed by atoms with Crippen LogP contribution in [0.2, 0.25) is 0 Å². The Balaban J connectivity index is 1.25. The Hall–Kier alpha value is -1.39. The molecule has 1 N–H and O–H groups in total. The van der Waals surface area contributed by atoms with Crippen LogP contribution in [0.3, 0.4) is 0 Å². The summed E-state index contributed by atoms with van der Waals surface area (Å²) < 4.78 is 6.24. The van der Waals surface area contributed by atoms with Crippen LogP contribution in [0, 0.1) is 11.3 Å². The number of hydrogen-bond donors (Lipinski definition) is 1. The Kier molecular flexibility index (Phi) is 6.07. The van der Waals surface area contributed by atoms with Crippen molar-refractivity contribution >= 4 is 5.78 Å². The number of carbonyl (C=O) groups is 1. The number of nitrogens with one attached hydrogen (secondary N) is 1. The van der Waals surface area contributed by atoms with E-state index in [1.54, 1.807) is 6.92 Å². The molecule has 28 heavy (non-hydrogen) atoms. The highest BCUT2D eigenvalue weighted by Gasteiger charge is 2.47. The van der Waals surface area contributed by atoms with Gasteiger partial charge in [-0.1, -0.05) is 13.0 Å². The predicted octanol–water partition coefficient (Wildman–Crippen LogP) is 4.07. The van der Waals surface area contributed by atoms with Crippen LogP contribution in [0.5, 0.6) is 5.75 Å². The summed E-state index contributed by atoms with van der Waals surface area (Å²) in [5, 5.41) is 3.47. The molecule has 154 valence electrons. The molecule has 0 amide bonds. The van der Waals surface area contributed by atoms with Crippen LogP contribution >= 0.6 is 0 Å². The molecule has 1 saturated carbocycles. The summed E-state index contributed by atoms with van der Waals surface area (Å²) in [6, 6.07) is 6.05. The summed E-state index contributed by atoms with van der Waals surface area (Å²) in [6.07, 6.45) is 8.90. The van der Waals surface area contributed by atoms with Crippen molar-refractivity contribution in [2.24, 2.45) is 11.3 Å². The highest BCUT2D eigenvalue weighted by atomic mass is 16.5. The molecule has 1 aliphatic carbocycles. The minimum Gasteiger partial charge on any atom is -0.490 e. The van der Waals surface area contributed by atoms with E-state index in [2.05, 4.69) is 23.2 Å². The van der Waals surface area contributed by atoms with Crippen molar-refractivity contribution in [1.82, 2.24) is 10.2 Å². The largest absolute Gasteiger partial charge is 0.490 e. The van der Waals surface area contributed by atoms with Crippen LogP contribution in [0.1, 0.15) is 68.3 Å². The van der Waals surface area contributed by atoms with E-state index in [4.69, 9.17) is 4.74 Å². The molecule has 2 saturated heterocycles. The van der Waals surface area contributed by atoms with E-state index < -0.39 is 0 Å². The zero-order valence-electron chi connectivity index (χ0n) is 17.6. The fourth-order valence-electron chi connectivity index (χ4n) is 5.49. The summed E-state index contributed by atoms with van der Waals surface area (Å²) in [5.74, 6) is 1.90. The number of carbonyl (C=O) groups excluding carboxylic acids is 1. The van der Waals surface area contributed by atoms with Crippen LogP contribution in [-0.2, 0) is 6.42 Å². The van der Waals surface area contributed by atoms with Crippen molar-refractivity contribution in [3.63, 3.8) is 0 Å². The molecule has 4 rings (SSSR count). The maximum Gasteiger partial charge on any atom is 0.160 e. The SMILES string of the molecule is CCc1ccc(OC2CC3(CCN(CC4CCNCC4)CC3)C2)cc1C(C)=O. The van der Waals surface area contributed by atoms with E-state index in [1.165, 1.54) is 71.2 Å². The summed E-state index contributed by atoms with van der Waals surface area (Å²) in [4.78, 5) is 14.6. The topological polar surface area (TPSA) is 41.6 Å². The first-order chi connectivity index (χ1) is 13.6. The van der Waals surface area contributed by atoms with Gasteiger partial charge in [-0.15, -0.1) is 0 Å². The van der Waals surface area contributed by atoms with Gasteiger partial charge in [0, 0.05) is 12.1 Å². The number of aryl methyl sites for hydroxylation is 1. The predicted molar refractivity (Wildman–Crippen MR) is 113 cm³/mol. The highest BCUT2D eigenvalue weighted by molar-refractivity contribution is 5.96. The van der Waals surface area contributed by atoms with Crippen molar-refractivity contribution < 1.29 is 9.53 Å². The van der Waals surface area contributed by atoms with E-state index in [0.717, 1.165) is 29.2 Å². The van der Waals surface area contributed by atoms with Gasteiger partial charge in [0.15, 0.2) is 5.78 Å². The molecular weight excluding hydrogens is 348 g/mol. The number of ether oxygens (including phenoxy) is 1. The summed E-state index contributed by atoms with van der Waals surface area (Å²) >= 11 is 0. The smallest absolute Gasteiger partial charge is 0.160 e. The molecule has 1 aromatic rings. The van der Waals surface area contributed by atoms with Gasteiger partial charge in [0.25, 0.3) is 0 Å². The van der Waals surface area contributed by atoms with Gasteiger partial charge in [0.1, 0.15) is 5.75 Å². The minimum atomic E-state index is 0.133. The minimum absolute atomic E-state index is 0.133. The molecule has 0 radical (unpaired) electrons. The maximum absolute atomic E-state index is 11.9. The summed E-state index contributed by atoms with van der Waals surface area (Å²) in [5.41, 5.74) is 2.45. The van der Waals surface area contributed by atoms with Gasteiger partial charge < -0.3 is 15.0 Å². The summed E-state index contributed by atoms with van der Waals surface area (Å²) in [6.45, 7) is 9.96. The zero-order chi connectivity index (χ0) is 19.6. The number of benzene rings is 1. The Morgan fingerprint density at radius 3 is 2.57 bits per heavy atom. The lowest BCUT2D eigenvalue weighted by molar-refractivity contribution is -0.0574. The van der Waals surface area contributed by atoms with Gasteiger partial charge in [-0.05, 0) is 107 Å². The molecule has 1 spiro atoms. The van der Waals surface area contributed by atoms with Crippen LogP contribution in [0.4, 0.5) is 0 Å². The Morgan fingerprint density at radius 2 is 1.93 bits per heavy atom. The van der Waals surface area contributed by atoms with Gasteiger partial charge in [-0.2, -0.15) is 0 Å². The molecule has 4 heteroatoms. The zero-order valence-corrected chi connectivity index (χ0v) is 17.6. The van der Waals surface area contributed by atoms with E-state index in [-0.39, 0.29) is 5.78 Å². The van der Waals surface area contributed by atoms with Gasteiger partial charge in [-0.3, -0.25) is 4.79 Å². The van der Waals surface area contributed by atoms with Crippen LogP contribution in [0.15, 0.2) is 18.2 Å². The summed E-state index contributed by atoms with van der Waals surface area (Å²) in [7, 11) is 0. The van der Waals surface area contributed by atoms with E-state index in [9.17, 15) is 4.79 Å². The number of hydrogen-bond acceptors (Lipinski definition) is 4. The lowest BCUT2D eigenvalue weighted by atomic mass is 9.61. The molecular formula is C24H36N2O2. The molecule has 0 aromatic heterocycles. The van der Waals surface area contributed by atoms with Crippen molar-refractivity contribution in [1.29, 1.82) is 0 Å². The fraction of sp³-hybridized carbons (Fsp3) is 0.708. The molecule has 0 bridgehead atoms. The number of ketones is 1. The second-order valence-electron chi connectivity index (χ2n) is 9.37. The molecule has 0 unspecified atom stereocenters. The molecule has 2 aliphatic heterocycles. The molecule has 4 nitrogen and oxygen atoms in total. The van der Waals surface area contributed by atoms with E-state index >= 15 is 0 Å². The van der Waals surface area contributed by atoms with Crippen molar-refractivity contribution in [3.05, 3.63) is 29.3 Å². The molecule has 3 aliphatic rings. The highest BCUT2D eigenvalue weighted by Crippen LogP contribution is 2.50. The van der Waals surface area contributed by atoms with E-state index in [1.807, 2.05) is 12.1 Å². The van der Waals surface area contributed by atoms with Gasteiger partial charge >= 0.3 is 0 Å². The molecule has 3 fully saturated rings. The monoisotopic (exact) mass is 384 g/mol. The van der Waals surface area contributed by atoms with Crippen LogP contribution in [0.25, 0.3) is 0 Å². The first-order valence-electron chi connectivity index (χ1n) is 11.3. The molecule has 0 atom stereocenters. The lowest BCUT2D eigenvalue weighted by Crippen LogP contribution is -2.51. The lowest BCUT2D eigenvalue weighted by Gasteiger charge is -2.52.